The average molecular weight is 501 g/mol. The van der Waals surface area contributed by atoms with Gasteiger partial charge in [-0.3, -0.25) is 4.79 Å². The summed E-state index contributed by atoms with van der Waals surface area (Å²) in [5.74, 6) is -2.52. The first-order chi connectivity index (χ1) is 16.9. The Labute approximate surface area is 211 Å². The summed E-state index contributed by atoms with van der Waals surface area (Å²) in [7, 11) is 2.12. The predicted octanol–water partition coefficient (Wildman–Crippen LogP) is 3.21. The number of ether oxygens (including phenoxy) is 1. The number of aromatic nitrogens is 1. The Bertz CT molecular complexity index is 1130. The third kappa shape index (κ3) is 5.96. The Morgan fingerprint density at radius 2 is 1.72 bits per heavy atom. The number of carboxylic acids is 2. The number of carboxylic acid groups (broad SMARTS) is 2. The van der Waals surface area contributed by atoms with Crippen molar-refractivity contribution in [3.05, 3.63) is 47.7 Å². The second-order valence-electron chi connectivity index (χ2n) is 10.0. The second-order valence-corrected chi connectivity index (χ2v) is 10.0. The number of aliphatic hydroxyl groups excluding tert-OH is 1. The zero-order chi connectivity index (χ0) is 26.7. The van der Waals surface area contributed by atoms with E-state index in [4.69, 9.17) is 14.9 Å². The number of piperidine rings is 1. The van der Waals surface area contributed by atoms with Gasteiger partial charge in [-0.05, 0) is 64.8 Å². The van der Waals surface area contributed by atoms with Gasteiger partial charge in [0.15, 0.2) is 0 Å². The number of benzene rings is 1. The summed E-state index contributed by atoms with van der Waals surface area (Å²) >= 11 is 0. The van der Waals surface area contributed by atoms with Crippen molar-refractivity contribution in [2.24, 2.45) is 5.92 Å². The monoisotopic (exact) mass is 500 g/mol. The van der Waals surface area contributed by atoms with Gasteiger partial charge in [-0.1, -0.05) is 12.1 Å². The summed E-state index contributed by atoms with van der Waals surface area (Å²) in [6.07, 6.45) is 4.15. The fraction of sp³-hybridized carbons (Fsp3) is 0.519. The van der Waals surface area contributed by atoms with Gasteiger partial charge < -0.3 is 29.5 Å². The number of esters is 1. The first kappa shape index (κ1) is 27.4. The molecule has 1 fully saturated rings. The molecule has 0 radical (unpaired) electrons. The summed E-state index contributed by atoms with van der Waals surface area (Å²) < 4.78 is 7.91. The fourth-order valence-electron chi connectivity index (χ4n) is 5.19. The molecule has 0 bridgehead atoms. The molecular weight excluding hydrogens is 464 g/mol. The summed E-state index contributed by atoms with van der Waals surface area (Å²) in [5.41, 5.74) is 4.10. The highest BCUT2D eigenvalue weighted by atomic mass is 16.6. The lowest BCUT2D eigenvalue weighted by Crippen LogP contribution is -2.50. The normalized spacial score (nSPS) is 23.0. The van der Waals surface area contributed by atoms with E-state index in [9.17, 15) is 19.5 Å². The van der Waals surface area contributed by atoms with E-state index in [1.54, 1.807) is 13.8 Å². The molecule has 36 heavy (non-hydrogen) atoms. The zero-order valence-electron chi connectivity index (χ0n) is 21.4. The van der Waals surface area contributed by atoms with Crippen molar-refractivity contribution >= 4 is 28.8 Å². The molecule has 2 aromatic rings. The number of rotatable bonds is 6. The molecule has 1 aliphatic carbocycles. The summed E-state index contributed by atoms with van der Waals surface area (Å²) in [6, 6.07) is 7.45. The van der Waals surface area contributed by atoms with Gasteiger partial charge in [0.05, 0.1) is 12.0 Å². The van der Waals surface area contributed by atoms with Crippen molar-refractivity contribution in [1.29, 1.82) is 0 Å². The van der Waals surface area contributed by atoms with E-state index in [0.29, 0.717) is 36.7 Å². The van der Waals surface area contributed by atoms with Crippen molar-refractivity contribution in [2.45, 2.75) is 70.7 Å². The van der Waals surface area contributed by atoms with Crippen LogP contribution in [0.2, 0.25) is 0 Å². The van der Waals surface area contributed by atoms with Crippen LogP contribution >= 0.6 is 0 Å². The van der Waals surface area contributed by atoms with Gasteiger partial charge in [-0.25, -0.2) is 9.59 Å². The largest absolute Gasteiger partial charge is 0.478 e. The fourth-order valence-corrected chi connectivity index (χ4v) is 5.19. The summed E-state index contributed by atoms with van der Waals surface area (Å²) in [4.78, 5) is 34.2. The van der Waals surface area contributed by atoms with Crippen molar-refractivity contribution < 1.29 is 34.4 Å². The third-order valence-corrected chi connectivity index (χ3v) is 7.11. The van der Waals surface area contributed by atoms with Crippen LogP contribution in [0.5, 0.6) is 0 Å². The maximum Gasteiger partial charge on any atom is 0.328 e. The molecular formula is C27H36N2O7. The summed E-state index contributed by atoms with van der Waals surface area (Å²) in [6.45, 7) is 8.57. The molecule has 2 heterocycles. The first-order valence-electron chi connectivity index (χ1n) is 12.3. The highest BCUT2D eigenvalue weighted by Crippen LogP contribution is 2.45. The minimum Gasteiger partial charge on any atom is -0.478 e. The van der Waals surface area contributed by atoms with Gasteiger partial charge in [-0.15, -0.1) is 0 Å². The molecule has 1 aromatic heterocycles. The van der Waals surface area contributed by atoms with E-state index in [2.05, 4.69) is 54.8 Å². The van der Waals surface area contributed by atoms with E-state index in [0.717, 1.165) is 12.8 Å². The number of likely N-dealkylation sites (tertiary alicyclic amines) is 1. The Morgan fingerprint density at radius 3 is 2.28 bits per heavy atom. The molecule has 1 aliphatic heterocycles. The molecule has 2 aliphatic rings. The van der Waals surface area contributed by atoms with Gasteiger partial charge in [0.1, 0.15) is 6.10 Å². The molecule has 0 spiro atoms. The average Bonchev–Trinajstić information content (AvgIpc) is 3.18. The van der Waals surface area contributed by atoms with Crippen LogP contribution < -0.4 is 0 Å². The van der Waals surface area contributed by atoms with Crippen LogP contribution in [-0.4, -0.2) is 74.5 Å². The van der Waals surface area contributed by atoms with Crippen LogP contribution in [0.3, 0.4) is 0 Å². The number of fused-ring (bicyclic) bond motifs is 2. The van der Waals surface area contributed by atoms with Crippen LogP contribution in [0.1, 0.15) is 57.2 Å². The highest BCUT2D eigenvalue weighted by Gasteiger charge is 2.42. The number of carbonyl (C=O) groups is 3. The topological polar surface area (TPSA) is 129 Å². The zero-order valence-corrected chi connectivity index (χ0v) is 21.4. The number of likely N-dealkylation sites (N-methyl/N-ethyl adjacent to an activating group) is 1. The van der Waals surface area contributed by atoms with Gasteiger partial charge in [-0.2, -0.15) is 0 Å². The lowest BCUT2D eigenvalue weighted by molar-refractivity contribution is -0.160. The Morgan fingerprint density at radius 1 is 1.08 bits per heavy atom. The molecule has 1 saturated heterocycles. The van der Waals surface area contributed by atoms with Crippen molar-refractivity contribution in [1.82, 2.24) is 9.47 Å². The molecule has 2 unspecified atom stereocenters. The Hall–Kier alpha value is -3.17. The molecule has 3 N–H and O–H groups in total. The van der Waals surface area contributed by atoms with Crippen LogP contribution in [0.4, 0.5) is 0 Å². The smallest absolute Gasteiger partial charge is 0.328 e. The van der Waals surface area contributed by atoms with Crippen molar-refractivity contribution in [2.75, 3.05) is 13.6 Å². The lowest BCUT2D eigenvalue weighted by atomic mass is 9.72. The van der Waals surface area contributed by atoms with E-state index in [1.807, 2.05) is 0 Å². The van der Waals surface area contributed by atoms with Gasteiger partial charge >= 0.3 is 17.9 Å². The van der Waals surface area contributed by atoms with Crippen LogP contribution in [0.15, 0.2) is 36.5 Å². The number of aliphatic hydroxyl groups is 1. The molecule has 1 aromatic carbocycles. The van der Waals surface area contributed by atoms with E-state index in [-0.39, 0.29) is 11.9 Å². The minimum absolute atomic E-state index is 0.156. The van der Waals surface area contributed by atoms with Gasteiger partial charge in [0.25, 0.3) is 0 Å². The molecule has 9 nitrogen and oxygen atoms in total. The third-order valence-electron chi connectivity index (χ3n) is 7.11. The molecule has 0 amide bonds. The van der Waals surface area contributed by atoms with Gasteiger partial charge in [0, 0.05) is 53.8 Å². The quantitative estimate of drug-likeness (QED) is 0.407. The highest BCUT2D eigenvalue weighted by molar-refractivity contribution is 5.90. The molecule has 9 heteroatoms. The first-order valence-corrected chi connectivity index (χ1v) is 12.3. The molecule has 196 valence electrons. The molecule has 5 atom stereocenters. The summed E-state index contributed by atoms with van der Waals surface area (Å²) in [5, 5.41) is 26.7. The number of hydrogen-bond acceptors (Lipinski definition) is 6. The standard InChI is InChI=1S/C23H32N2O3.C4H4O4/c1-13(2)25-12-16-10-21-19(18-7-6-8-20(25)22(16)18)9-17(11-24(21)5)23(27)28-15(4)14(3)26;5-3(6)1-2-4(7)8/h6-8,12-15,17,19,21,26H,9-11H2,1-5H3;1-2H,(H,5,6)(H,7,8)/b;2-1-/t14?,15?,17-,19+,21+;/m0./s1. The number of carbonyl (C=O) groups excluding carboxylic acids is 1. The molecule has 0 saturated carbocycles. The Balaban J connectivity index is 0.000000392. The van der Waals surface area contributed by atoms with Crippen LogP contribution in [0, 0.1) is 5.92 Å². The number of aliphatic carboxylic acids is 2. The van der Waals surface area contributed by atoms with Crippen LogP contribution in [-0.2, 0) is 25.5 Å². The van der Waals surface area contributed by atoms with Crippen LogP contribution in [0.25, 0.3) is 10.9 Å². The lowest BCUT2D eigenvalue weighted by Gasteiger charge is -2.45. The maximum absolute atomic E-state index is 12.8. The molecule has 4 rings (SSSR count). The SMILES string of the molecule is CC(O)C(C)OC(=O)[C@H]1C[C@@H]2c3cccc4c3c(cn4C(C)C)C[C@H]2N(C)C1.O=C(O)/C=C\C(=O)O. The minimum atomic E-state index is -1.26. The second kappa shape index (κ2) is 11.3. The van der Waals surface area contributed by atoms with Crippen molar-refractivity contribution in [3.8, 4) is 0 Å². The van der Waals surface area contributed by atoms with E-state index < -0.39 is 24.1 Å². The van der Waals surface area contributed by atoms with E-state index in [1.165, 1.54) is 22.0 Å². The number of nitrogens with zero attached hydrogens (tertiary/aromatic N) is 2. The van der Waals surface area contributed by atoms with E-state index >= 15 is 0 Å². The number of hydrogen-bond donors (Lipinski definition) is 3. The Kier molecular flexibility index (Phi) is 8.58. The maximum atomic E-state index is 12.8. The predicted molar refractivity (Wildman–Crippen MR) is 135 cm³/mol. The van der Waals surface area contributed by atoms with Crippen molar-refractivity contribution in [3.63, 3.8) is 0 Å². The van der Waals surface area contributed by atoms with Gasteiger partial charge in [0.2, 0.25) is 0 Å².